The number of aromatic nitrogens is 1. The van der Waals surface area contributed by atoms with Crippen LogP contribution < -0.4 is 5.32 Å². The summed E-state index contributed by atoms with van der Waals surface area (Å²) >= 11 is 5.66. The van der Waals surface area contributed by atoms with Crippen molar-refractivity contribution >= 4 is 11.6 Å². The summed E-state index contributed by atoms with van der Waals surface area (Å²) in [6, 6.07) is 3.46. The number of hydrogen-bond acceptors (Lipinski definition) is 4. The molecule has 0 aromatic carbocycles. The third-order valence-corrected chi connectivity index (χ3v) is 2.47. The van der Waals surface area contributed by atoms with Crippen molar-refractivity contribution in [3.05, 3.63) is 51.1 Å². The first-order chi connectivity index (χ1) is 7.54. The van der Waals surface area contributed by atoms with E-state index in [0.29, 0.717) is 10.9 Å². The number of allylic oxidation sites excluding steroid dienone is 1. The molecule has 0 spiro atoms. The molecule has 1 heterocycles. The largest absolute Gasteiger partial charge is 0.386 e. The van der Waals surface area contributed by atoms with E-state index in [1.54, 1.807) is 25.4 Å². The Kier molecular flexibility index (Phi) is 4.25. The minimum atomic E-state index is -0.480. The molecule has 1 aromatic heterocycles. The minimum absolute atomic E-state index is 0.125. The monoisotopic (exact) mass is 241 g/mol. The Balaban J connectivity index is 2.95. The van der Waals surface area contributed by atoms with Gasteiger partial charge in [0.05, 0.1) is 10.6 Å². The SMILES string of the molecule is CN/C(=C/[N+](=O)[O-])C(C)c1ccc(Cl)nc1. The fourth-order valence-electron chi connectivity index (χ4n) is 1.33. The third kappa shape index (κ3) is 3.20. The second-order valence-electron chi connectivity index (χ2n) is 3.26. The molecule has 0 fully saturated rings. The number of rotatable bonds is 4. The van der Waals surface area contributed by atoms with Gasteiger partial charge in [-0.15, -0.1) is 0 Å². The van der Waals surface area contributed by atoms with Crippen LogP contribution in [0.2, 0.25) is 5.15 Å². The van der Waals surface area contributed by atoms with Gasteiger partial charge in [-0.05, 0) is 11.6 Å². The van der Waals surface area contributed by atoms with E-state index >= 15 is 0 Å². The zero-order chi connectivity index (χ0) is 12.1. The highest BCUT2D eigenvalue weighted by Gasteiger charge is 2.13. The van der Waals surface area contributed by atoms with E-state index in [1.165, 1.54) is 0 Å². The first kappa shape index (κ1) is 12.4. The van der Waals surface area contributed by atoms with Gasteiger partial charge in [-0.1, -0.05) is 24.6 Å². The molecule has 1 N–H and O–H groups in total. The number of pyridine rings is 1. The maximum absolute atomic E-state index is 10.4. The summed E-state index contributed by atoms with van der Waals surface area (Å²) in [7, 11) is 1.65. The van der Waals surface area contributed by atoms with Crippen molar-refractivity contribution in [3.8, 4) is 0 Å². The second-order valence-corrected chi connectivity index (χ2v) is 3.64. The van der Waals surface area contributed by atoms with Crippen molar-refractivity contribution in [2.45, 2.75) is 12.8 Å². The lowest BCUT2D eigenvalue weighted by Gasteiger charge is -2.13. The van der Waals surface area contributed by atoms with Crippen molar-refractivity contribution in [1.82, 2.24) is 10.3 Å². The Morgan fingerprint density at radius 2 is 2.38 bits per heavy atom. The van der Waals surface area contributed by atoms with Gasteiger partial charge in [0.15, 0.2) is 0 Å². The molecule has 0 radical (unpaired) electrons. The Labute approximate surface area is 98.3 Å². The van der Waals surface area contributed by atoms with Gasteiger partial charge in [0.25, 0.3) is 6.20 Å². The molecule has 0 aliphatic heterocycles. The van der Waals surface area contributed by atoms with Gasteiger partial charge in [0.1, 0.15) is 5.15 Å². The summed E-state index contributed by atoms with van der Waals surface area (Å²) in [5.74, 6) is -0.125. The molecule has 1 rings (SSSR count). The standard InChI is InChI=1S/C10H12ClN3O2/c1-7(9(12-2)6-14(15)16)8-3-4-10(11)13-5-8/h3-7,12H,1-2H3/b9-6+. The quantitative estimate of drug-likeness (QED) is 0.498. The molecule has 0 aliphatic carbocycles. The van der Waals surface area contributed by atoms with Crippen LogP contribution in [0.4, 0.5) is 0 Å². The average Bonchev–Trinajstić information content (AvgIpc) is 2.25. The van der Waals surface area contributed by atoms with Crippen LogP contribution in [-0.2, 0) is 0 Å². The van der Waals surface area contributed by atoms with Crippen LogP contribution in [0.3, 0.4) is 0 Å². The van der Waals surface area contributed by atoms with Crippen LogP contribution in [0.5, 0.6) is 0 Å². The summed E-state index contributed by atoms with van der Waals surface area (Å²) in [6.45, 7) is 1.86. The van der Waals surface area contributed by atoms with Gasteiger partial charge in [-0.2, -0.15) is 0 Å². The molecular weight excluding hydrogens is 230 g/mol. The maximum atomic E-state index is 10.4. The van der Waals surface area contributed by atoms with Crippen LogP contribution >= 0.6 is 11.6 Å². The normalized spacial score (nSPS) is 13.3. The molecule has 0 amide bonds. The fourth-order valence-corrected chi connectivity index (χ4v) is 1.44. The molecule has 1 unspecified atom stereocenters. The first-order valence-electron chi connectivity index (χ1n) is 4.69. The van der Waals surface area contributed by atoms with E-state index in [1.807, 2.05) is 6.92 Å². The Bertz CT molecular complexity index is 403. The second kappa shape index (κ2) is 5.46. The fraction of sp³-hybridized carbons (Fsp3) is 0.300. The van der Waals surface area contributed by atoms with E-state index in [2.05, 4.69) is 10.3 Å². The van der Waals surface area contributed by atoms with Gasteiger partial charge in [0.2, 0.25) is 0 Å². The van der Waals surface area contributed by atoms with Gasteiger partial charge in [0, 0.05) is 19.2 Å². The highest BCUT2D eigenvalue weighted by Crippen LogP contribution is 2.21. The van der Waals surface area contributed by atoms with Crippen LogP contribution in [0.1, 0.15) is 18.4 Å². The molecule has 16 heavy (non-hydrogen) atoms. The highest BCUT2D eigenvalue weighted by molar-refractivity contribution is 6.29. The van der Waals surface area contributed by atoms with Gasteiger partial charge >= 0.3 is 0 Å². The van der Waals surface area contributed by atoms with Gasteiger partial charge in [-0.3, -0.25) is 10.1 Å². The number of nitro groups is 1. The Hall–Kier alpha value is -1.62. The molecule has 0 bridgehead atoms. The van der Waals surface area contributed by atoms with Gasteiger partial charge in [-0.25, -0.2) is 4.98 Å². The van der Waals surface area contributed by atoms with Crippen LogP contribution in [0.15, 0.2) is 30.2 Å². The number of likely N-dealkylation sites (N-methyl/N-ethyl adjacent to an activating group) is 1. The number of nitrogens with zero attached hydrogens (tertiary/aromatic N) is 2. The smallest absolute Gasteiger partial charge is 0.253 e. The predicted octanol–water partition coefficient (Wildman–Crippen LogP) is 2.18. The zero-order valence-electron chi connectivity index (χ0n) is 8.98. The Morgan fingerprint density at radius 3 is 2.81 bits per heavy atom. The molecule has 1 aromatic rings. The van der Waals surface area contributed by atoms with E-state index < -0.39 is 4.92 Å². The zero-order valence-corrected chi connectivity index (χ0v) is 9.73. The average molecular weight is 242 g/mol. The van der Waals surface area contributed by atoms with E-state index in [4.69, 9.17) is 11.6 Å². The molecule has 1 atom stereocenters. The van der Waals surface area contributed by atoms with E-state index in [9.17, 15) is 10.1 Å². The van der Waals surface area contributed by atoms with Crippen LogP contribution in [-0.4, -0.2) is 17.0 Å². The number of nitrogens with one attached hydrogen (secondary N) is 1. The lowest BCUT2D eigenvalue weighted by molar-refractivity contribution is -0.404. The van der Waals surface area contributed by atoms with E-state index in [-0.39, 0.29) is 5.92 Å². The maximum Gasteiger partial charge on any atom is 0.253 e. The van der Waals surface area contributed by atoms with E-state index in [0.717, 1.165) is 11.8 Å². The summed E-state index contributed by atoms with van der Waals surface area (Å²) < 4.78 is 0. The molecule has 5 nitrogen and oxygen atoms in total. The number of hydrogen-bond donors (Lipinski definition) is 1. The molecule has 86 valence electrons. The van der Waals surface area contributed by atoms with Crippen molar-refractivity contribution in [2.75, 3.05) is 7.05 Å². The molecule has 0 saturated heterocycles. The topological polar surface area (TPSA) is 68.1 Å². The molecule has 0 saturated carbocycles. The van der Waals surface area contributed by atoms with Crippen LogP contribution in [0.25, 0.3) is 0 Å². The van der Waals surface area contributed by atoms with Crippen LogP contribution in [0, 0.1) is 10.1 Å². The van der Waals surface area contributed by atoms with Gasteiger partial charge < -0.3 is 5.32 Å². The summed E-state index contributed by atoms with van der Waals surface area (Å²) in [4.78, 5) is 13.9. The number of halogens is 1. The lowest BCUT2D eigenvalue weighted by atomic mass is 10.00. The molecule has 6 heteroatoms. The molecule has 0 aliphatic rings. The summed E-state index contributed by atoms with van der Waals surface area (Å²) in [5.41, 5.74) is 1.39. The molecular formula is C10H12ClN3O2. The first-order valence-corrected chi connectivity index (χ1v) is 5.06. The van der Waals surface area contributed by atoms with Crippen molar-refractivity contribution in [3.63, 3.8) is 0 Å². The summed E-state index contributed by atoms with van der Waals surface area (Å²) in [5, 5.41) is 13.6. The predicted molar refractivity (Wildman–Crippen MR) is 61.8 cm³/mol. The van der Waals surface area contributed by atoms with Crippen molar-refractivity contribution in [1.29, 1.82) is 0 Å². The van der Waals surface area contributed by atoms with Crippen molar-refractivity contribution in [2.24, 2.45) is 0 Å². The minimum Gasteiger partial charge on any atom is -0.386 e. The Morgan fingerprint density at radius 1 is 1.69 bits per heavy atom. The third-order valence-electron chi connectivity index (χ3n) is 2.25. The lowest BCUT2D eigenvalue weighted by Crippen LogP contribution is -2.14. The highest BCUT2D eigenvalue weighted by atomic mass is 35.5. The summed E-state index contributed by atoms with van der Waals surface area (Å²) in [6.07, 6.45) is 2.57. The van der Waals surface area contributed by atoms with Crippen molar-refractivity contribution < 1.29 is 4.92 Å².